The van der Waals surface area contributed by atoms with Crippen LogP contribution in [0.5, 0.6) is 0 Å². The molecule has 0 amide bonds. The highest BCUT2D eigenvalue weighted by atomic mass is 19.1. The van der Waals surface area contributed by atoms with E-state index in [1.54, 1.807) is 6.07 Å². The minimum absolute atomic E-state index is 0.193. The summed E-state index contributed by atoms with van der Waals surface area (Å²) in [5.41, 5.74) is 1.30. The number of morpholine rings is 1. The largest absolute Gasteiger partial charge is 0.374 e. The van der Waals surface area contributed by atoms with Gasteiger partial charge in [-0.25, -0.2) is 14.1 Å². The first-order valence-electron chi connectivity index (χ1n) is 7.36. The van der Waals surface area contributed by atoms with Crippen LogP contribution in [-0.2, 0) is 11.3 Å². The lowest BCUT2D eigenvalue weighted by atomic mass is 10.2. The monoisotopic (exact) mass is 305 g/mol. The molecule has 118 valence electrons. The smallest absolute Gasteiger partial charge is 0.149 e. The van der Waals surface area contributed by atoms with Gasteiger partial charge in [0, 0.05) is 26.2 Å². The normalized spacial score (nSPS) is 19.5. The molecule has 0 saturated carbocycles. The van der Waals surface area contributed by atoms with Crippen LogP contribution in [0.4, 0.5) is 4.39 Å². The second-order valence-electron chi connectivity index (χ2n) is 5.51. The highest BCUT2D eigenvalue weighted by Crippen LogP contribution is 2.14. The molecule has 0 bridgehead atoms. The van der Waals surface area contributed by atoms with Crippen molar-refractivity contribution in [1.29, 1.82) is 0 Å². The summed E-state index contributed by atoms with van der Waals surface area (Å²) in [7, 11) is 2.09. The van der Waals surface area contributed by atoms with Gasteiger partial charge in [0.25, 0.3) is 0 Å². The van der Waals surface area contributed by atoms with Crippen molar-refractivity contribution < 1.29 is 9.13 Å². The molecule has 7 heteroatoms. The van der Waals surface area contributed by atoms with E-state index < -0.39 is 0 Å². The molecule has 1 N–H and O–H groups in total. The van der Waals surface area contributed by atoms with Crippen molar-refractivity contribution in [1.82, 2.24) is 25.0 Å². The summed E-state index contributed by atoms with van der Waals surface area (Å²) in [4.78, 5) is 6.08. The predicted octanol–water partition coefficient (Wildman–Crippen LogP) is 0.827. The minimum Gasteiger partial charge on any atom is -0.374 e. The summed E-state index contributed by atoms with van der Waals surface area (Å²) in [6.07, 6.45) is 3.06. The SMILES string of the molecule is CN1CCOC(CNCc2ccc(-n3cncn3)c(F)c2)C1. The van der Waals surface area contributed by atoms with Gasteiger partial charge in [-0.3, -0.25) is 0 Å². The molecule has 0 radical (unpaired) electrons. The molecule has 6 nitrogen and oxygen atoms in total. The maximum atomic E-state index is 14.1. The van der Waals surface area contributed by atoms with E-state index in [0.29, 0.717) is 12.2 Å². The van der Waals surface area contributed by atoms with Crippen molar-refractivity contribution in [3.8, 4) is 5.69 Å². The minimum atomic E-state index is -0.307. The summed E-state index contributed by atoms with van der Waals surface area (Å²) in [5.74, 6) is -0.307. The number of halogens is 1. The molecule has 1 unspecified atom stereocenters. The van der Waals surface area contributed by atoms with Crippen LogP contribution in [-0.4, -0.2) is 59.1 Å². The van der Waals surface area contributed by atoms with Gasteiger partial charge in [0.1, 0.15) is 24.2 Å². The van der Waals surface area contributed by atoms with Gasteiger partial charge < -0.3 is 15.0 Å². The third kappa shape index (κ3) is 3.68. The van der Waals surface area contributed by atoms with Crippen molar-refractivity contribution in [2.45, 2.75) is 12.6 Å². The fraction of sp³-hybridized carbons (Fsp3) is 0.467. The van der Waals surface area contributed by atoms with Crippen LogP contribution < -0.4 is 5.32 Å². The Balaban J connectivity index is 1.54. The van der Waals surface area contributed by atoms with E-state index in [1.807, 2.05) is 6.07 Å². The topological polar surface area (TPSA) is 55.2 Å². The van der Waals surface area contributed by atoms with Crippen molar-refractivity contribution >= 4 is 0 Å². The van der Waals surface area contributed by atoms with Crippen LogP contribution in [0.1, 0.15) is 5.56 Å². The van der Waals surface area contributed by atoms with Gasteiger partial charge in [0.2, 0.25) is 0 Å². The Hall–Kier alpha value is -1.83. The molecule has 0 spiro atoms. The number of nitrogens with zero attached hydrogens (tertiary/aromatic N) is 4. The van der Waals surface area contributed by atoms with E-state index in [9.17, 15) is 4.39 Å². The molecule has 1 atom stereocenters. The lowest BCUT2D eigenvalue weighted by Crippen LogP contribution is -2.44. The Labute approximate surface area is 128 Å². The van der Waals surface area contributed by atoms with E-state index in [4.69, 9.17) is 4.74 Å². The molecule has 0 aliphatic carbocycles. The summed E-state index contributed by atoms with van der Waals surface area (Å²) in [5, 5.41) is 7.26. The van der Waals surface area contributed by atoms with Crippen molar-refractivity contribution in [3.05, 3.63) is 42.2 Å². The molecule has 1 fully saturated rings. The lowest BCUT2D eigenvalue weighted by molar-refractivity contribution is -0.0182. The van der Waals surface area contributed by atoms with Crippen LogP contribution in [0, 0.1) is 5.82 Å². The van der Waals surface area contributed by atoms with E-state index >= 15 is 0 Å². The zero-order valence-electron chi connectivity index (χ0n) is 12.6. The van der Waals surface area contributed by atoms with Gasteiger partial charge in [-0.15, -0.1) is 0 Å². The van der Waals surface area contributed by atoms with Crippen LogP contribution in [0.25, 0.3) is 5.69 Å². The molecular formula is C15H20FN5O. The molecule has 2 aromatic rings. The Morgan fingerprint density at radius 2 is 2.36 bits per heavy atom. The van der Waals surface area contributed by atoms with Crippen LogP contribution in [0.3, 0.4) is 0 Å². The van der Waals surface area contributed by atoms with Crippen LogP contribution in [0.15, 0.2) is 30.9 Å². The van der Waals surface area contributed by atoms with Gasteiger partial charge in [0.05, 0.1) is 12.7 Å². The number of ether oxygens (including phenoxy) is 1. The first kappa shape index (κ1) is 15.1. The fourth-order valence-electron chi connectivity index (χ4n) is 2.55. The number of benzene rings is 1. The molecule has 1 aromatic carbocycles. The van der Waals surface area contributed by atoms with Crippen molar-refractivity contribution in [2.75, 3.05) is 33.3 Å². The Kier molecular flexibility index (Phi) is 4.77. The number of likely N-dealkylation sites (N-methyl/N-ethyl adjacent to an activating group) is 1. The molecule has 3 rings (SSSR count). The average molecular weight is 305 g/mol. The summed E-state index contributed by atoms with van der Waals surface area (Å²) in [6.45, 7) is 4.04. The maximum Gasteiger partial charge on any atom is 0.149 e. The Bertz CT molecular complexity index is 604. The number of nitrogens with one attached hydrogen (secondary N) is 1. The van der Waals surface area contributed by atoms with Gasteiger partial charge in [-0.2, -0.15) is 5.10 Å². The van der Waals surface area contributed by atoms with Gasteiger partial charge >= 0.3 is 0 Å². The highest BCUT2D eigenvalue weighted by Gasteiger charge is 2.17. The molecule has 2 heterocycles. The number of hydrogen-bond acceptors (Lipinski definition) is 5. The first-order valence-corrected chi connectivity index (χ1v) is 7.36. The van der Waals surface area contributed by atoms with Gasteiger partial charge in [-0.1, -0.05) is 6.07 Å². The molecule has 1 aromatic heterocycles. The number of rotatable bonds is 5. The third-order valence-corrected chi connectivity index (χ3v) is 3.72. The zero-order valence-corrected chi connectivity index (χ0v) is 12.6. The van der Waals surface area contributed by atoms with Crippen LogP contribution >= 0.6 is 0 Å². The van der Waals surface area contributed by atoms with E-state index in [-0.39, 0.29) is 11.9 Å². The molecule has 22 heavy (non-hydrogen) atoms. The molecule has 1 aliphatic heterocycles. The second-order valence-corrected chi connectivity index (χ2v) is 5.51. The molecule has 1 aliphatic rings. The maximum absolute atomic E-state index is 14.1. The van der Waals surface area contributed by atoms with Crippen molar-refractivity contribution in [3.63, 3.8) is 0 Å². The fourth-order valence-corrected chi connectivity index (χ4v) is 2.55. The molecule has 1 saturated heterocycles. The summed E-state index contributed by atoms with van der Waals surface area (Å²) < 4.78 is 21.2. The Morgan fingerprint density at radius 3 is 3.09 bits per heavy atom. The second kappa shape index (κ2) is 6.95. The first-order chi connectivity index (χ1) is 10.7. The number of hydrogen-bond donors (Lipinski definition) is 1. The van der Waals surface area contributed by atoms with E-state index in [1.165, 1.54) is 23.4 Å². The van der Waals surface area contributed by atoms with E-state index in [0.717, 1.165) is 31.8 Å². The highest BCUT2D eigenvalue weighted by molar-refractivity contribution is 5.35. The quantitative estimate of drug-likeness (QED) is 0.886. The third-order valence-electron chi connectivity index (χ3n) is 3.72. The average Bonchev–Trinajstić information content (AvgIpc) is 3.01. The van der Waals surface area contributed by atoms with Gasteiger partial charge in [0.15, 0.2) is 0 Å². The lowest BCUT2D eigenvalue weighted by Gasteiger charge is -2.30. The van der Waals surface area contributed by atoms with E-state index in [2.05, 4.69) is 27.3 Å². The Morgan fingerprint density at radius 1 is 1.45 bits per heavy atom. The van der Waals surface area contributed by atoms with Crippen molar-refractivity contribution in [2.24, 2.45) is 0 Å². The standard InChI is InChI=1S/C15H20FN5O/c1-20-4-5-22-13(9-20)8-17-7-12-2-3-15(14(16)6-12)21-11-18-10-19-21/h2-3,6,10-11,13,17H,4-5,7-9H2,1H3. The molecular weight excluding hydrogens is 285 g/mol. The summed E-state index contributed by atoms with van der Waals surface area (Å²) >= 11 is 0. The summed E-state index contributed by atoms with van der Waals surface area (Å²) in [6, 6.07) is 5.13. The van der Waals surface area contributed by atoms with Gasteiger partial charge in [-0.05, 0) is 24.7 Å². The predicted molar refractivity (Wildman–Crippen MR) is 80.3 cm³/mol. The zero-order chi connectivity index (χ0) is 15.4. The van der Waals surface area contributed by atoms with Crippen LogP contribution in [0.2, 0.25) is 0 Å². The number of aromatic nitrogens is 3.